The summed E-state index contributed by atoms with van der Waals surface area (Å²) in [4.78, 5) is 19.4. The van der Waals surface area contributed by atoms with E-state index in [2.05, 4.69) is 15.3 Å². The summed E-state index contributed by atoms with van der Waals surface area (Å²) in [5, 5.41) is 7.91. The summed E-state index contributed by atoms with van der Waals surface area (Å²) in [6, 6.07) is 6.78. The average molecular weight is 381 g/mol. The Balaban J connectivity index is 1.62. The standard InChI is InChI=1S/C20H23N5O3/c1-2-27-19(26)13-9-16-18(17(10-13)25-8-4-7-22-25)28-20(23-16)24-12-14-5-3-6-15(24)11-21-14/h4,7-10,14-15,21H,2-3,5-6,11-12H2,1H3. The van der Waals surface area contributed by atoms with Crippen molar-refractivity contribution < 1.29 is 13.9 Å². The van der Waals surface area contributed by atoms with Crippen molar-refractivity contribution >= 4 is 23.1 Å². The third kappa shape index (κ3) is 2.93. The third-order valence-corrected chi connectivity index (χ3v) is 5.56. The molecule has 2 bridgehead atoms. The summed E-state index contributed by atoms with van der Waals surface area (Å²) in [7, 11) is 0. The molecule has 3 saturated heterocycles. The highest BCUT2D eigenvalue weighted by atomic mass is 16.5. The van der Waals surface area contributed by atoms with Gasteiger partial charge in [0.25, 0.3) is 6.01 Å². The highest BCUT2D eigenvalue weighted by Crippen LogP contribution is 2.32. The molecule has 6 rings (SSSR count). The van der Waals surface area contributed by atoms with Crippen molar-refractivity contribution in [3.63, 3.8) is 0 Å². The summed E-state index contributed by atoms with van der Waals surface area (Å²) < 4.78 is 13.1. The largest absolute Gasteiger partial charge is 0.462 e. The van der Waals surface area contributed by atoms with Crippen LogP contribution in [-0.2, 0) is 4.74 Å². The van der Waals surface area contributed by atoms with Gasteiger partial charge >= 0.3 is 5.97 Å². The zero-order valence-corrected chi connectivity index (χ0v) is 15.8. The molecule has 3 aliphatic rings. The second-order valence-electron chi connectivity index (χ2n) is 7.35. The van der Waals surface area contributed by atoms with Gasteiger partial charge in [-0.25, -0.2) is 9.48 Å². The van der Waals surface area contributed by atoms with Crippen LogP contribution >= 0.6 is 0 Å². The van der Waals surface area contributed by atoms with Crippen LogP contribution in [0.3, 0.4) is 0 Å². The van der Waals surface area contributed by atoms with Gasteiger partial charge in [-0.2, -0.15) is 10.1 Å². The Labute approximate surface area is 162 Å². The molecule has 0 amide bonds. The predicted octanol–water partition coefficient (Wildman–Crippen LogP) is 2.52. The van der Waals surface area contributed by atoms with Gasteiger partial charge in [-0.1, -0.05) is 0 Å². The first-order valence-corrected chi connectivity index (χ1v) is 9.84. The molecule has 146 valence electrons. The van der Waals surface area contributed by atoms with Gasteiger partial charge in [0.1, 0.15) is 11.2 Å². The van der Waals surface area contributed by atoms with E-state index >= 15 is 0 Å². The minimum Gasteiger partial charge on any atom is -0.462 e. The number of nitrogens with one attached hydrogen (secondary N) is 1. The van der Waals surface area contributed by atoms with Gasteiger partial charge in [-0.05, 0) is 44.4 Å². The summed E-state index contributed by atoms with van der Waals surface area (Å²) in [5.74, 6) is -0.375. The minimum atomic E-state index is -0.375. The smallest absolute Gasteiger partial charge is 0.338 e. The SMILES string of the molecule is CCOC(=O)c1cc(-n2cccn2)c2oc(N3CC4CCCC3CN4)nc2c1. The van der Waals surface area contributed by atoms with Crippen molar-refractivity contribution in [2.75, 3.05) is 24.6 Å². The Morgan fingerprint density at radius 1 is 1.39 bits per heavy atom. The number of benzene rings is 1. The lowest BCUT2D eigenvalue weighted by atomic mass is 10.1. The van der Waals surface area contributed by atoms with Gasteiger partial charge in [0.15, 0.2) is 5.58 Å². The van der Waals surface area contributed by atoms with Gasteiger partial charge in [0.2, 0.25) is 0 Å². The molecule has 0 aliphatic carbocycles. The number of hydrogen-bond donors (Lipinski definition) is 1. The number of fused-ring (bicyclic) bond motifs is 5. The Kier molecular flexibility index (Phi) is 4.27. The molecule has 28 heavy (non-hydrogen) atoms. The Morgan fingerprint density at radius 3 is 3.14 bits per heavy atom. The van der Waals surface area contributed by atoms with E-state index in [0.717, 1.165) is 19.5 Å². The zero-order valence-electron chi connectivity index (χ0n) is 15.8. The van der Waals surface area contributed by atoms with Crippen molar-refractivity contribution in [2.45, 2.75) is 38.3 Å². The lowest BCUT2D eigenvalue weighted by molar-refractivity contribution is 0.0526. The lowest BCUT2D eigenvalue weighted by Crippen LogP contribution is -2.54. The van der Waals surface area contributed by atoms with Crippen LogP contribution < -0.4 is 10.2 Å². The van der Waals surface area contributed by atoms with E-state index in [0.29, 0.717) is 47.1 Å². The van der Waals surface area contributed by atoms with Crippen molar-refractivity contribution in [1.29, 1.82) is 0 Å². The van der Waals surface area contributed by atoms with Gasteiger partial charge in [-0.15, -0.1) is 0 Å². The van der Waals surface area contributed by atoms with Gasteiger partial charge in [-0.3, -0.25) is 0 Å². The van der Waals surface area contributed by atoms with Crippen molar-refractivity contribution in [1.82, 2.24) is 20.1 Å². The van der Waals surface area contributed by atoms with Crippen LogP contribution in [0.25, 0.3) is 16.8 Å². The van der Waals surface area contributed by atoms with Crippen LogP contribution in [0.4, 0.5) is 6.01 Å². The fourth-order valence-corrected chi connectivity index (χ4v) is 4.19. The number of carbonyl (C=O) groups is 1. The first-order valence-electron chi connectivity index (χ1n) is 9.84. The molecule has 0 spiro atoms. The molecule has 0 radical (unpaired) electrons. The molecule has 3 aromatic rings. The first kappa shape index (κ1) is 17.2. The molecule has 2 atom stereocenters. The molecule has 2 unspecified atom stereocenters. The fourth-order valence-electron chi connectivity index (χ4n) is 4.19. The van der Waals surface area contributed by atoms with Crippen LogP contribution in [0.15, 0.2) is 35.0 Å². The highest BCUT2D eigenvalue weighted by Gasteiger charge is 2.34. The van der Waals surface area contributed by atoms with Crippen LogP contribution in [0.5, 0.6) is 0 Å². The number of carbonyl (C=O) groups excluding carboxylic acids is 1. The van der Waals surface area contributed by atoms with E-state index in [1.807, 2.05) is 12.3 Å². The van der Waals surface area contributed by atoms with Crippen LogP contribution in [0.2, 0.25) is 0 Å². The number of esters is 1. The molecule has 0 saturated carbocycles. The molecule has 8 nitrogen and oxygen atoms in total. The number of nitrogens with zero attached hydrogens (tertiary/aromatic N) is 4. The Morgan fingerprint density at radius 2 is 2.32 bits per heavy atom. The van der Waals surface area contributed by atoms with Gasteiger partial charge in [0.05, 0.1) is 12.2 Å². The zero-order chi connectivity index (χ0) is 19.1. The van der Waals surface area contributed by atoms with Gasteiger partial charge in [0, 0.05) is 37.6 Å². The maximum atomic E-state index is 12.3. The van der Waals surface area contributed by atoms with Gasteiger partial charge < -0.3 is 19.4 Å². The number of anilines is 1. The summed E-state index contributed by atoms with van der Waals surface area (Å²) in [6.07, 6.45) is 7.04. The maximum absolute atomic E-state index is 12.3. The van der Waals surface area contributed by atoms with Crippen molar-refractivity contribution in [2.24, 2.45) is 0 Å². The van der Waals surface area contributed by atoms with Crippen LogP contribution in [0.1, 0.15) is 36.5 Å². The number of oxazole rings is 1. The van der Waals surface area contributed by atoms with Crippen molar-refractivity contribution in [3.05, 3.63) is 36.2 Å². The number of hydrogen-bond acceptors (Lipinski definition) is 7. The quantitative estimate of drug-likeness (QED) is 0.695. The van der Waals surface area contributed by atoms with E-state index in [4.69, 9.17) is 14.1 Å². The number of aromatic nitrogens is 3. The highest BCUT2D eigenvalue weighted by molar-refractivity contribution is 5.96. The summed E-state index contributed by atoms with van der Waals surface area (Å²) in [6.45, 7) is 3.95. The molecular weight excluding hydrogens is 358 g/mol. The fraction of sp³-hybridized carbons (Fsp3) is 0.450. The number of ether oxygens (including phenoxy) is 1. The number of piperazine rings is 1. The van der Waals surface area contributed by atoms with Crippen LogP contribution in [-0.4, -0.2) is 52.5 Å². The van der Waals surface area contributed by atoms with E-state index in [9.17, 15) is 4.79 Å². The molecule has 5 heterocycles. The third-order valence-electron chi connectivity index (χ3n) is 5.56. The molecule has 1 aromatic carbocycles. The second-order valence-corrected chi connectivity index (χ2v) is 7.35. The molecular formula is C20H23N5O3. The Hall–Kier alpha value is -2.87. The Bertz CT molecular complexity index is 993. The molecule has 3 fully saturated rings. The molecule has 3 aliphatic heterocycles. The van der Waals surface area contributed by atoms with E-state index in [1.54, 1.807) is 29.9 Å². The maximum Gasteiger partial charge on any atom is 0.338 e. The minimum absolute atomic E-state index is 0.321. The monoisotopic (exact) mass is 381 g/mol. The molecule has 8 heteroatoms. The first-order chi connectivity index (χ1) is 13.7. The summed E-state index contributed by atoms with van der Waals surface area (Å²) >= 11 is 0. The number of rotatable bonds is 4. The lowest BCUT2D eigenvalue weighted by Gasteiger charge is -2.36. The summed E-state index contributed by atoms with van der Waals surface area (Å²) in [5.41, 5.74) is 2.39. The van der Waals surface area contributed by atoms with Crippen molar-refractivity contribution in [3.8, 4) is 5.69 Å². The van der Waals surface area contributed by atoms with E-state index in [1.165, 1.54) is 12.8 Å². The van der Waals surface area contributed by atoms with E-state index < -0.39 is 0 Å². The normalized spacial score (nSPS) is 21.8. The van der Waals surface area contributed by atoms with Crippen LogP contribution in [0, 0.1) is 0 Å². The molecule has 2 aromatic heterocycles. The van der Waals surface area contributed by atoms with E-state index in [-0.39, 0.29) is 5.97 Å². The topological polar surface area (TPSA) is 85.4 Å². The average Bonchev–Trinajstić information content (AvgIpc) is 3.28. The predicted molar refractivity (Wildman–Crippen MR) is 104 cm³/mol. The molecule has 1 N–H and O–H groups in total. The second kappa shape index (κ2) is 6.94.